The molecule has 2 aromatic rings. The number of benzene rings is 2. The van der Waals surface area contributed by atoms with Crippen LogP contribution in [0.2, 0.25) is 0 Å². The molecule has 0 fully saturated rings. The first kappa shape index (κ1) is 12.9. The highest BCUT2D eigenvalue weighted by molar-refractivity contribution is 5.45. The molecule has 0 aromatic heterocycles. The van der Waals surface area contributed by atoms with E-state index >= 15 is 0 Å². The van der Waals surface area contributed by atoms with E-state index in [4.69, 9.17) is 10.00 Å². The number of hydrazine groups is 1. The second-order valence-corrected chi connectivity index (χ2v) is 4.02. The Balaban J connectivity index is 1.83. The fourth-order valence-electron chi connectivity index (χ4n) is 1.62. The molecule has 0 saturated carbocycles. The summed E-state index contributed by atoms with van der Waals surface area (Å²) in [6.45, 7) is 0.678. The Labute approximate surface area is 112 Å². The van der Waals surface area contributed by atoms with Crippen LogP contribution in [-0.4, -0.2) is 7.11 Å². The molecule has 0 aliphatic carbocycles. The summed E-state index contributed by atoms with van der Waals surface area (Å²) in [5, 5.41) is 8.71. The summed E-state index contributed by atoms with van der Waals surface area (Å²) in [5.74, 6) is 0.831. The lowest BCUT2D eigenvalue weighted by atomic mass is 10.1. The van der Waals surface area contributed by atoms with Crippen LogP contribution in [0, 0.1) is 11.3 Å². The van der Waals surface area contributed by atoms with Crippen molar-refractivity contribution >= 4 is 5.69 Å². The highest BCUT2D eigenvalue weighted by Crippen LogP contribution is 2.14. The van der Waals surface area contributed by atoms with E-state index in [0.29, 0.717) is 12.1 Å². The molecule has 19 heavy (non-hydrogen) atoms. The number of nitriles is 1. The minimum Gasteiger partial charge on any atom is -0.497 e. The molecule has 0 bridgehead atoms. The highest BCUT2D eigenvalue weighted by Gasteiger charge is 1.95. The molecule has 2 rings (SSSR count). The number of hydrogen-bond donors (Lipinski definition) is 2. The van der Waals surface area contributed by atoms with Crippen LogP contribution in [0.3, 0.4) is 0 Å². The van der Waals surface area contributed by atoms with Gasteiger partial charge in [-0.15, -0.1) is 0 Å². The number of methoxy groups -OCH3 is 1. The van der Waals surface area contributed by atoms with Crippen LogP contribution in [-0.2, 0) is 6.54 Å². The molecule has 2 aromatic carbocycles. The normalized spacial score (nSPS) is 9.68. The summed E-state index contributed by atoms with van der Waals surface area (Å²) < 4.78 is 5.09. The van der Waals surface area contributed by atoms with Gasteiger partial charge in [0.1, 0.15) is 5.75 Å². The first-order valence-corrected chi connectivity index (χ1v) is 5.94. The average Bonchev–Trinajstić information content (AvgIpc) is 2.49. The molecule has 4 nitrogen and oxygen atoms in total. The molecule has 0 atom stereocenters. The van der Waals surface area contributed by atoms with E-state index in [-0.39, 0.29) is 0 Å². The van der Waals surface area contributed by atoms with Gasteiger partial charge in [0.2, 0.25) is 0 Å². The number of rotatable bonds is 5. The average molecular weight is 253 g/mol. The lowest BCUT2D eigenvalue weighted by Crippen LogP contribution is -2.20. The minimum absolute atomic E-state index is 0.673. The second kappa shape index (κ2) is 6.43. The maximum Gasteiger partial charge on any atom is 0.119 e. The van der Waals surface area contributed by atoms with E-state index in [2.05, 4.69) is 16.9 Å². The zero-order valence-corrected chi connectivity index (χ0v) is 10.7. The number of ether oxygens (including phenoxy) is 1. The van der Waals surface area contributed by atoms with Gasteiger partial charge in [0.05, 0.1) is 18.7 Å². The molecular formula is C15H15N3O. The number of nitrogens with zero attached hydrogens (tertiary/aromatic N) is 1. The highest BCUT2D eigenvalue weighted by atomic mass is 16.5. The first-order chi connectivity index (χ1) is 9.31. The summed E-state index contributed by atoms with van der Waals surface area (Å²) in [5.41, 5.74) is 8.97. The van der Waals surface area contributed by atoms with Crippen molar-refractivity contribution in [1.82, 2.24) is 5.43 Å². The molecule has 0 aliphatic rings. The van der Waals surface area contributed by atoms with E-state index in [9.17, 15) is 0 Å². The van der Waals surface area contributed by atoms with Gasteiger partial charge in [-0.25, -0.2) is 5.43 Å². The number of anilines is 1. The molecule has 0 amide bonds. The summed E-state index contributed by atoms with van der Waals surface area (Å²) in [4.78, 5) is 0. The van der Waals surface area contributed by atoms with Crippen molar-refractivity contribution in [2.24, 2.45) is 0 Å². The summed E-state index contributed by atoms with van der Waals surface area (Å²) in [7, 11) is 1.64. The largest absolute Gasteiger partial charge is 0.497 e. The van der Waals surface area contributed by atoms with Gasteiger partial charge in [0.25, 0.3) is 0 Å². The quantitative estimate of drug-likeness (QED) is 0.804. The molecule has 0 spiro atoms. The SMILES string of the molecule is COc1ccc(NNCc2ccc(C#N)cc2)cc1. The molecule has 96 valence electrons. The smallest absolute Gasteiger partial charge is 0.119 e. The molecule has 0 unspecified atom stereocenters. The van der Waals surface area contributed by atoms with Gasteiger partial charge < -0.3 is 10.2 Å². The van der Waals surface area contributed by atoms with E-state index in [1.807, 2.05) is 48.5 Å². The third kappa shape index (κ3) is 3.73. The predicted molar refractivity (Wildman–Crippen MR) is 74.6 cm³/mol. The van der Waals surface area contributed by atoms with Crippen molar-refractivity contribution in [2.45, 2.75) is 6.54 Å². The Bertz CT molecular complexity index is 555. The molecule has 0 heterocycles. The fourth-order valence-corrected chi connectivity index (χ4v) is 1.62. The van der Waals surface area contributed by atoms with E-state index in [0.717, 1.165) is 17.0 Å². The van der Waals surface area contributed by atoms with Crippen molar-refractivity contribution in [3.05, 3.63) is 59.7 Å². The third-order valence-corrected chi connectivity index (χ3v) is 2.70. The van der Waals surface area contributed by atoms with Gasteiger partial charge in [0.15, 0.2) is 0 Å². The number of nitrogens with one attached hydrogen (secondary N) is 2. The van der Waals surface area contributed by atoms with Crippen LogP contribution in [0.1, 0.15) is 11.1 Å². The lowest BCUT2D eigenvalue weighted by molar-refractivity contribution is 0.415. The molecular weight excluding hydrogens is 238 g/mol. The maximum atomic E-state index is 8.71. The van der Waals surface area contributed by atoms with Crippen LogP contribution in [0.25, 0.3) is 0 Å². The zero-order chi connectivity index (χ0) is 13.5. The Morgan fingerprint density at radius 2 is 1.74 bits per heavy atom. The molecule has 0 aliphatic heterocycles. The van der Waals surface area contributed by atoms with Gasteiger partial charge >= 0.3 is 0 Å². The Hall–Kier alpha value is -2.51. The minimum atomic E-state index is 0.673. The summed E-state index contributed by atoms with van der Waals surface area (Å²) >= 11 is 0. The van der Waals surface area contributed by atoms with Crippen molar-refractivity contribution < 1.29 is 4.74 Å². The molecule has 2 N–H and O–H groups in total. The molecule has 0 saturated heterocycles. The van der Waals surface area contributed by atoms with E-state index in [1.54, 1.807) is 7.11 Å². The van der Waals surface area contributed by atoms with Crippen LogP contribution < -0.4 is 15.6 Å². The van der Waals surface area contributed by atoms with Crippen LogP contribution in [0.5, 0.6) is 5.75 Å². The monoisotopic (exact) mass is 253 g/mol. The topological polar surface area (TPSA) is 57.1 Å². The van der Waals surface area contributed by atoms with Crippen LogP contribution in [0.4, 0.5) is 5.69 Å². The Morgan fingerprint density at radius 1 is 1.05 bits per heavy atom. The predicted octanol–water partition coefficient (Wildman–Crippen LogP) is 2.68. The van der Waals surface area contributed by atoms with E-state index in [1.165, 1.54) is 0 Å². The molecule has 4 heteroatoms. The van der Waals surface area contributed by atoms with Gasteiger partial charge in [-0.05, 0) is 42.0 Å². The second-order valence-electron chi connectivity index (χ2n) is 4.02. The van der Waals surface area contributed by atoms with E-state index < -0.39 is 0 Å². The summed E-state index contributed by atoms with van der Waals surface area (Å²) in [6, 6.07) is 17.2. The zero-order valence-electron chi connectivity index (χ0n) is 10.7. The standard InChI is InChI=1S/C15H15N3O/c1-19-15-8-6-14(7-9-15)18-17-11-13-4-2-12(10-16)3-5-13/h2-9,17-18H,11H2,1H3. The Kier molecular flexibility index (Phi) is 4.38. The van der Waals surface area contributed by atoms with Gasteiger partial charge in [-0.1, -0.05) is 12.1 Å². The number of hydrogen-bond acceptors (Lipinski definition) is 4. The maximum absolute atomic E-state index is 8.71. The van der Waals surface area contributed by atoms with Gasteiger partial charge in [-0.3, -0.25) is 0 Å². The van der Waals surface area contributed by atoms with Crippen molar-refractivity contribution in [2.75, 3.05) is 12.5 Å². The van der Waals surface area contributed by atoms with Crippen LogP contribution in [0.15, 0.2) is 48.5 Å². The van der Waals surface area contributed by atoms with Crippen LogP contribution >= 0.6 is 0 Å². The van der Waals surface area contributed by atoms with Crippen molar-refractivity contribution in [1.29, 1.82) is 5.26 Å². The third-order valence-electron chi connectivity index (χ3n) is 2.70. The van der Waals surface area contributed by atoms with Gasteiger partial charge in [0, 0.05) is 12.2 Å². The first-order valence-electron chi connectivity index (χ1n) is 5.94. The van der Waals surface area contributed by atoms with Crippen molar-refractivity contribution in [3.8, 4) is 11.8 Å². The summed E-state index contributed by atoms with van der Waals surface area (Å²) in [6.07, 6.45) is 0. The van der Waals surface area contributed by atoms with Crippen molar-refractivity contribution in [3.63, 3.8) is 0 Å². The lowest BCUT2D eigenvalue weighted by Gasteiger charge is -2.09. The Morgan fingerprint density at radius 3 is 2.32 bits per heavy atom. The van der Waals surface area contributed by atoms with Gasteiger partial charge in [-0.2, -0.15) is 5.26 Å². The molecule has 0 radical (unpaired) electrons. The fraction of sp³-hybridized carbons (Fsp3) is 0.133.